The topological polar surface area (TPSA) is 173 Å². The number of halogens is 1. The fourth-order valence-electron chi connectivity index (χ4n) is 7.10. The van der Waals surface area contributed by atoms with Crippen molar-refractivity contribution in [1.29, 1.82) is 0 Å². The third kappa shape index (κ3) is 6.46. The van der Waals surface area contributed by atoms with Crippen molar-refractivity contribution in [3.63, 3.8) is 0 Å². The average Bonchev–Trinajstić information content (AvgIpc) is 3.48. The van der Waals surface area contributed by atoms with Gasteiger partial charge in [0.15, 0.2) is 9.84 Å². The Hall–Kier alpha value is -2.96. The lowest BCUT2D eigenvalue weighted by Gasteiger charge is -2.32. The summed E-state index contributed by atoms with van der Waals surface area (Å²) in [6.45, 7) is 4.42. The number of nitrogens with zero attached hydrogens (tertiary/aromatic N) is 1. The number of carbonyl (C=O) groups excluding carboxylic acids is 2. The Kier molecular flexibility index (Phi) is 8.93. The van der Waals surface area contributed by atoms with Gasteiger partial charge in [-0.3, -0.25) is 9.59 Å². The number of anilines is 1. The Morgan fingerprint density at radius 2 is 1.86 bits per heavy atom. The third-order valence-corrected chi connectivity index (χ3v) is 11.2. The van der Waals surface area contributed by atoms with Crippen molar-refractivity contribution < 1.29 is 27.1 Å². The number of sulfone groups is 1. The lowest BCUT2D eigenvalue weighted by atomic mass is 9.89. The molecule has 0 bridgehead atoms. The van der Waals surface area contributed by atoms with E-state index in [9.17, 15) is 18.0 Å². The highest BCUT2D eigenvalue weighted by Crippen LogP contribution is 2.45. The SMILES string of the molecule is CC1(C)Cc2c(c3c(n2-c2cc(F)c(C(N)=O)c(NC4CCC(OC(=O)C(N)CCCCN)CC4)c2)CCC3)S(=O)(=O)C1. The van der Waals surface area contributed by atoms with Crippen LogP contribution in [0.25, 0.3) is 5.69 Å². The highest BCUT2D eigenvalue weighted by Gasteiger charge is 2.42. The highest BCUT2D eigenvalue weighted by atomic mass is 32.2. The van der Waals surface area contributed by atoms with Gasteiger partial charge in [-0.25, -0.2) is 12.8 Å². The number of fused-ring (bicyclic) bond motifs is 3. The molecule has 2 heterocycles. The first-order valence-corrected chi connectivity index (χ1v) is 17.0. The first-order valence-electron chi connectivity index (χ1n) is 15.4. The molecule has 1 aromatic heterocycles. The molecule has 1 unspecified atom stereocenters. The molecule has 2 aromatic rings. The van der Waals surface area contributed by atoms with Gasteiger partial charge in [-0.05, 0) is 93.9 Å². The molecule has 7 N–H and O–H groups in total. The molecule has 236 valence electrons. The second kappa shape index (κ2) is 12.2. The summed E-state index contributed by atoms with van der Waals surface area (Å²) in [5.74, 6) is -1.98. The molecule has 0 spiro atoms. The maximum atomic E-state index is 15.6. The fourth-order valence-corrected chi connectivity index (χ4v) is 9.49. The second-order valence-electron chi connectivity index (χ2n) is 13.2. The van der Waals surface area contributed by atoms with Crippen molar-refractivity contribution >= 4 is 27.4 Å². The first kappa shape index (κ1) is 31.5. The predicted molar refractivity (Wildman–Crippen MR) is 162 cm³/mol. The van der Waals surface area contributed by atoms with E-state index < -0.39 is 39.0 Å². The molecule has 1 fully saturated rings. The molecule has 1 aromatic carbocycles. The summed E-state index contributed by atoms with van der Waals surface area (Å²) in [5, 5.41) is 3.34. The van der Waals surface area contributed by atoms with Crippen molar-refractivity contribution in [2.24, 2.45) is 22.6 Å². The fraction of sp³-hybridized carbons (Fsp3) is 0.613. The van der Waals surface area contributed by atoms with Crippen molar-refractivity contribution in [1.82, 2.24) is 4.57 Å². The van der Waals surface area contributed by atoms with E-state index in [1.165, 1.54) is 6.07 Å². The Labute approximate surface area is 252 Å². The van der Waals surface area contributed by atoms with E-state index in [0.29, 0.717) is 74.2 Å². The summed E-state index contributed by atoms with van der Waals surface area (Å²) in [4.78, 5) is 25.2. The largest absolute Gasteiger partial charge is 0.461 e. The van der Waals surface area contributed by atoms with Gasteiger partial charge in [0, 0.05) is 17.4 Å². The number of aromatic nitrogens is 1. The van der Waals surface area contributed by atoms with Crippen LogP contribution in [0.3, 0.4) is 0 Å². The van der Waals surface area contributed by atoms with Crippen LogP contribution < -0.4 is 22.5 Å². The molecule has 2 aliphatic carbocycles. The van der Waals surface area contributed by atoms with Crippen molar-refractivity contribution in [2.45, 2.75) is 108 Å². The van der Waals surface area contributed by atoms with Crippen LogP contribution in [0.15, 0.2) is 17.0 Å². The molecule has 10 nitrogen and oxygen atoms in total. The van der Waals surface area contributed by atoms with Gasteiger partial charge >= 0.3 is 5.97 Å². The highest BCUT2D eigenvalue weighted by molar-refractivity contribution is 7.91. The lowest BCUT2D eigenvalue weighted by molar-refractivity contribution is -0.152. The average molecular weight is 618 g/mol. The minimum Gasteiger partial charge on any atom is -0.461 e. The Morgan fingerprint density at radius 1 is 1.14 bits per heavy atom. The number of unbranched alkanes of at least 4 members (excludes halogenated alkanes) is 1. The van der Waals surface area contributed by atoms with Crippen molar-refractivity contribution in [3.05, 3.63) is 40.5 Å². The van der Waals surface area contributed by atoms with Gasteiger partial charge < -0.3 is 31.8 Å². The van der Waals surface area contributed by atoms with Crippen molar-refractivity contribution in [2.75, 3.05) is 17.6 Å². The number of nitrogens with two attached hydrogens (primary N) is 3. The number of esters is 1. The monoisotopic (exact) mass is 617 g/mol. The molecular formula is C31H44FN5O5S. The van der Waals surface area contributed by atoms with Crippen LogP contribution in [-0.4, -0.2) is 55.3 Å². The number of hydrogen-bond donors (Lipinski definition) is 4. The van der Waals surface area contributed by atoms with E-state index in [-0.39, 0.29) is 29.1 Å². The second-order valence-corrected chi connectivity index (χ2v) is 15.1. The maximum Gasteiger partial charge on any atom is 0.323 e. The van der Waals surface area contributed by atoms with Gasteiger partial charge in [0.25, 0.3) is 5.91 Å². The zero-order chi connectivity index (χ0) is 31.1. The summed E-state index contributed by atoms with van der Waals surface area (Å²) in [6, 6.07) is 2.21. The van der Waals surface area contributed by atoms with Crippen molar-refractivity contribution in [3.8, 4) is 5.69 Å². The summed E-state index contributed by atoms with van der Waals surface area (Å²) >= 11 is 0. The predicted octanol–water partition coefficient (Wildman–Crippen LogP) is 3.28. The smallest absolute Gasteiger partial charge is 0.323 e. The maximum absolute atomic E-state index is 15.6. The molecule has 43 heavy (non-hydrogen) atoms. The molecule has 1 aliphatic heterocycles. The minimum absolute atomic E-state index is 0.0729. The molecule has 1 saturated carbocycles. The number of nitrogens with one attached hydrogen (secondary N) is 1. The summed E-state index contributed by atoms with van der Waals surface area (Å²) in [5.41, 5.74) is 19.6. The standard InChI is InChI=1S/C31H44FN5O5S/c1-31(2)16-26-28(43(40,41)17-31)21-6-5-8-25(21)37(26)19-14-22(32)27(29(35)38)24(15-19)36-18-9-11-20(12-10-18)42-30(39)23(34)7-3-4-13-33/h14-15,18,20,23,36H,3-13,16-17,33-34H2,1-2H3,(H2,35,38). The number of hydrogen-bond acceptors (Lipinski definition) is 8. The normalized spacial score (nSPS) is 22.8. The summed E-state index contributed by atoms with van der Waals surface area (Å²) in [7, 11) is -3.51. The number of ether oxygens (including phenoxy) is 1. The van der Waals surface area contributed by atoms with Gasteiger partial charge in [-0.1, -0.05) is 20.3 Å². The van der Waals surface area contributed by atoms with E-state index in [2.05, 4.69) is 5.32 Å². The number of amides is 1. The number of rotatable bonds is 10. The Morgan fingerprint density at radius 3 is 2.53 bits per heavy atom. The van der Waals surface area contributed by atoms with Gasteiger partial charge in [0.05, 0.1) is 27.6 Å². The van der Waals surface area contributed by atoms with E-state index in [0.717, 1.165) is 30.5 Å². The van der Waals surface area contributed by atoms with Gasteiger partial charge in [0.1, 0.15) is 18.0 Å². The number of primary amides is 1. The zero-order valence-corrected chi connectivity index (χ0v) is 25.9. The number of carbonyl (C=O) groups is 2. The van der Waals surface area contributed by atoms with E-state index >= 15 is 4.39 Å². The van der Waals surface area contributed by atoms with Gasteiger partial charge in [-0.2, -0.15) is 0 Å². The van der Waals surface area contributed by atoms with Crippen LogP contribution in [0.5, 0.6) is 0 Å². The van der Waals surface area contributed by atoms with Crippen LogP contribution in [0, 0.1) is 11.2 Å². The molecule has 12 heteroatoms. The van der Waals surface area contributed by atoms with Crippen LogP contribution >= 0.6 is 0 Å². The lowest BCUT2D eigenvalue weighted by Crippen LogP contribution is -2.37. The van der Waals surface area contributed by atoms with E-state index in [4.69, 9.17) is 21.9 Å². The molecule has 0 radical (unpaired) electrons. The quantitative estimate of drug-likeness (QED) is 0.232. The Bertz CT molecular complexity index is 1510. The van der Waals surface area contributed by atoms with Crippen LogP contribution in [0.1, 0.15) is 92.5 Å². The van der Waals surface area contributed by atoms with E-state index in [1.54, 1.807) is 6.07 Å². The molecule has 1 amide bonds. The molecule has 0 saturated heterocycles. The zero-order valence-electron chi connectivity index (χ0n) is 25.1. The summed E-state index contributed by atoms with van der Waals surface area (Å²) < 4.78 is 50.0. The number of benzene rings is 1. The van der Waals surface area contributed by atoms with Crippen LogP contribution in [-0.2, 0) is 38.6 Å². The van der Waals surface area contributed by atoms with Crippen LogP contribution in [0.2, 0.25) is 0 Å². The van der Waals surface area contributed by atoms with E-state index in [1.807, 2.05) is 18.4 Å². The molecular weight excluding hydrogens is 573 g/mol. The minimum atomic E-state index is -3.51. The molecule has 5 rings (SSSR count). The van der Waals surface area contributed by atoms with Crippen LogP contribution in [0.4, 0.5) is 10.1 Å². The first-order chi connectivity index (χ1) is 20.3. The Balaban J connectivity index is 1.39. The van der Waals surface area contributed by atoms with Gasteiger partial charge in [0.2, 0.25) is 0 Å². The molecule has 3 aliphatic rings. The summed E-state index contributed by atoms with van der Waals surface area (Å²) in [6.07, 6.45) is 7.03. The van der Waals surface area contributed by atoms with Gasteiger partial charge in [-0.15, -0.1) is 0 Å². The third-order valence-electron chi connectivity index (χ3n) is 8.97. The molecule has 1 atom stereocenters.